The molecule has 198 valence electrons. The topological polar surface area (TPSA) is 75.4 Å². The van der Waals surface area contributed by atoms with Crippen LogP contribution >= 0.6 is 12.4 Å². The molecule has 1 aromatic carbocycles. The van der Waals surface area contributed by atoms with Crippen LogP contribution in [0.2, 0.25) is 0 Å². The van der Waals surface area contributed by atoms with Crippen molar-refractivity contribution in [3.05, 3.63) is 47.4 Å². The number of carbonyl (C=O) groups excluding carboxylic acids is 1. The van der Waals surface area contributed by atoms with Crippen LogP contribution in [0, 0.1) is 11.8 Å². The molecule has 2 aromatic rings. The summed E-state index contributed by atoms with van der Waals surface area (Å²) in [5.74, 6) is 2.95. The molecule has 2 bridgehead atoms. The van der Waals surface area contributed by atoms with Gasteiger partial charge < -0.3 is 23.9 Å². The number of rotatable bonds is 6. The van der Waals surface area contributed by atoms with Gasteiger partial charge in [-0.3, -0.25) is 9.69 Å². The molecule has 37 heavy (non-hydrogen) atoms. The molecule has 2 saturated carbocycles. The van der Waals surface area contributed by atoms with E-state index in [1.807, 2.05) is 18.0 Å². The summed E-state index contributed by atoms with van der Waals surface area (Å²) < 4.78 is 17.7. The third-order valence-corrected chi connectivity index (χ3v) is 9.71. The van der Waals surface area contributed by atoms with Crippen LogP contribution in [0.3, 0.4) is 0 Å². The zero-order chi connectivity index (χ0) is 24.6. The van der Waals surface area contributed by atoms with Gasteiger partial charge in [0.25, 0.3) is 0 Å². The molecule has 1 amide bonds. The lowest BCUT2D eigenvalue weighted by Crippen LogP contribution is -2.69. The number of nitrogens with zero attached hydrogens (tertiary/aromatic N) is 2. The molecular formula is C29H35ClN2O5. The van der Waals surface area contributed by atoms with Gasteiger partial charge in [-0.25, -0.2) is 0 Å². The summed E-state index contributed by atoms with van der Waals surface area (Å²) >= 11 is 0. The van der Waals surface area contributed by atoms with Gasteiger partial charge in [-0.15, -0.1) is 12.4 Å². The zero-order valence-corrected chi connectivity index (χ0v) is 22.2. The Morgan fingerprint density at radius 2 is 2.16 bits per heavy atom. The van der Waals surface area contributed by atoms with E-state index in [1.165, 1.54) is 19.4 Å². The van der Waals surface area contributed by atoms with Gasteiger partial charge >= 0.3 is 0 Å². The summed E-state index contributed by atoms with van der Waals surface area (Å²) in [6, 6.07) is 3.92. The van der Waals surface area contributed by atoms with Crippen LogP contribution in [0.5, 0.6) is 17.2 Å². The molecule has 8 heteroatoms. The van der Waals surface area contributed by atoms with Crippen molar-refractivity contribution in [3.8, 4) is 17.2 Å². The highest BCUT2D eigenvalue weighted by Crippen LogP contribution is 2.65. The molecule has 7 rings (SSSR count). The molecule has 3 aliphatic carbocycles. The number of hydrogen-bond acceptors (Lipinski definition) is 6. The van der Waals surface area contributed by atoms with Crippen molar-refractivity contribution in [2.24, 2.45) is 11.8 Å². The van der Waals surface area contributed by atoms with Crippen LogP contribution in [-0.4, -0.2) is 66.2 Å². The molecule has 7 nitrogen and oxygen atoms in total. The van der Waals surface area contributed by atoms with E-state index < -0.39 is 0 Å². The number of amides is 1. The number of aromatic hydroxyl groups is 1. The van der Waals surface area contributed by atoms with Gasteiger partial charge in [-0.1, -0.05) is 0 Å². The van der Waals surface area contributed by atoms with Crippen molar-refractivity contribution in [2.75, 3.05) is 27.2 Å². The predicted octanol–water partition coefficient (Wildman–Crippen LogP) is 4.41. The average Bonchev–Trinajstić information content (AvgIpc) is 3.41. The number of methoxy groups -OCH3 is 1. The van der Waals surface area contributed by atoms with Gasteiger partial charge in [0.15, 0.2) is 11.5 Å². The minimum absolute atomic E-state index is 0. The Hall–Kier alpha value is -2.64. The Kier molecular flexibility index (Phi) is 5.99. The van der Waals surface area contributed by atoms with Crippen LogP contribution < -0.4 is 9.47 Å². The first kappa shape index (κ1) is 24.7. The summed E-state index contributed by atoms with van der Waals surface area (Å²) in [6.07, 6.45) is 13.0. The molecule has 0 radical (unpaired) electrons. The minimum atomic E-state index is -0.203. The smallest absolute Gasteiger partial charge is 0.246 e. The molecule has 1 saturated heterocycles. The van der Waals surface area contributed by atoms with Crippen molar-refractivity contribution in [2.45, 2.75) is 62.1 Å². The first-order chi connectivity index (χ1) is 17.5. The quantitative estimate of drug-likeness (QED) is 0.562. The fourth-order valence-corrected chi connectivity index (χ4v) is 7.88. The van der Waals surface area contributed by atoms with E-state index in [2.05, 4.69) is 4.90 Å². The molecule has 1 N–H and O–H groups in total. The third-order valence-electron chi connectivity index (χ3n) is 9.71. The van der Waals surface area contributed by atoms with Crippen LogP contribution in [0.1, 0.15) is 48.8 Å². The van der Waals surface area contributed by atoms with Crippen molar-refractivity contribution < 1.29 is 23.8 Å². The Labute approximate surface area is 223 Å². The number of phenols is 1. The van der Waals surface area contributed by atoms with Gasteiger partial charge in [0.05, 0.1) is 25.7 Å². The number of hydrogen-bond donors (Lipinski definition) is 1. The highest BCUT2D eigenvalue weighted by molar-refractivity contribution is 5.92. The molecular weight excluding hydrogens is 492 g/mol. The molecule has 5 atom stereocenters. The Morgan fingerprint density at radius 1 is 1.32 bits per heavy atom. The first-order valence-corrected chi connectivity index (χ1v) is 13.3. The van der Waals surface area contributed by atoms with E-state index in [0.29, 0.717) is 23.5 Å². The molecule has 2 aliphatic heterocycles. The largest absolute Gasteiger partial charge is 0.508 e. The average molecular weight is 527 g/mol. The maximum absolute atomic E-state index is 13.3. The number of ether oxygens (including phenoxy) is 2. The van der Waals surface area contributed by atoms with Gasteiger partial charge in [-0.05, 0) is 69.0 Å². The number of likely N-dealkylation sites (N-methyl/N-ethyl adjacent to an activating group) is 1. The lowest BCUT2D eigenvalue weighted by molar-refractivity contribution is -0.135. The number of likely N-dealkylation sites (tertiary alicyclic amines) is 1. The van der Waals surface area contributed by atoms with Crippen molar-refractivity contribution >= 4 is 24.4 Å². The number of furan rings is 1. The summed E-state index contributed by atoms with van der Waals surface area (Å²) in [6.45, 7) is 2.21. The number of phenolic OH excluding ortho intramolecular Hbond substituents is 1. The summed E-state index contributed by atoms with van der Waals surface area (Å²) in [4.78, 5) is 17.8. The number of benzene rings is 1. The number of carbonyl (C=O) groups is 1. The minimum Gasteiger partial charge on any atom is -0.508 e. The standard InChI is InChI=1S/C29H34N2O5.ClH/c1-30(25(33)8-5-18-9-12-35-16-18)21-7-6-20-22-13-19-23(32)14-24(34-2)27-26(19)29(20,28(21)36-27)10-11-31(22)15-17-3-4-17;/h5,8-9,12,14,16-17,20-22,28,32H,3-4,6-7,10-11,13,15H2,1-2H3;1H/b8-5+;/t20-,21+,22+,28-,29-;/m0./s1. The molecule has 5 aliphatic rings. The number of halogens is 1. The zero-order valence-electron chi connectivity index (χ0n) is 21.4. The van der Waals surface area contributed by atoms with E-state index in [1.54, 1.807) is 37.9 Å². The van der Waals surface area contributed by atoms with Gasteiger partial charge in [0.2, 0.25) is 5.91 Å². The highest BCUT2D eigenvalue weighted by atomic mass is 35.5. The van der Waals surface area contributed by atoms with Gasteiger partial charge in [-0.2, -0.15) is 0 Å². The van der Waals surface area contributed by atoms with Crippen LogP contribution in [0.4, 0.5) is 0 Å². The monoisotopic (exact) mass is 526 g/mol. The Morgan fingerprint density at radius 3 is 2.89 bits per heavy atom. The molecule has 1 spiro atoms. The molecule has 3 fully saturated rings. The predicted molar refractivity (Wildman–Crippen MR) is 141 cm³/mol. The number of piperidine rings is 1. The molecule has 0 unspecified atom stereocenters. The lowest BCUT2D eigenvalue weighted by Gasteiger charge is -2.60. The van der Waals surface area contributed by atoms with Crippen LogP contribution in [-0.2, 0) is 16.6 Å². The van der Waals surface area contributed by atoms with E-state index in [4.69, 9.17) is 13.9 Å². The van der Waals surface area contributed by atoms with Crippen molar-refractivity contribution in [1.82, 2.24) is 9.80 Å². The maximum atomic E-state index is 13.3. The second-order valence-corrected chi connectivity index (χ2v) is 11.4. The second-order valence-electron chi connectivity index (χ2n) is 11.4. The fourth-order valence-electron chi connectivity index (χ4n) is 7.88. The second kappa shape index (κ2) is 8.98. The SMILES string of the molecule is COc1cc(O)c2c3c1O[C@H]1[C@H](N(C)C(=O)/C=C/c4ccoc4)CC[C@H]4[C@@H](C2)N(CC2CC2)CC[C@@]341.Cl. The van der Waals surface area contributed by atoms with Gasteiger partial charge in [0.1, 0.15) is 11.9 Å². The molecule has 1 aromatic heterocycles. The van der Waals surface area contributed by atoms with E-state index in [9.17, 15) is 9.90 Å². The van der Waals surface area contributed by atoms with Crippen molar-refractivity contribution in [1.29, 1.82) is 0 Å². The highest BCUT2D eigenvalue weighted by Gasteiger charge is 2.67. The van der Waals surface area contributed by atoms with Crippen LogP contribution in [0.15, 0.2) is 35.2 Å². The fraction of sp³-hybridized carbons (Fsp3) is 0.552. The normalized spacial score (nSPS) is 31.4. The Bertz CT molecular complexity index is 1230. The Balaban J connectivity index is 0.00000252. The van der Waals surface area contributed by atoms with E-state index >= 15 is 0 Å². The summed E-state index contributed by atoms with van der Waals surface area (Å²) in [5.41, 5.74) is 2.86. The van der Waals surface area contributed by atoms with E-state index in [0.717, 1.165) is 60.6 Å². The first-order valence-electron chi connectivity index (χ1n) is 13.3. The van der Waals surface area contributed by atoms with Crippen molar-refractivity contribution in [3.63, 3.8) is 0 Å². The van der Waals surface area contributed by atoms with E-state index in [-0.39, 0.29) is 35.9 Å². The molecule has 3 heterocycles. The van der Waals surface area contributed by atoms with Gasteiger partial charge in [0, 0.05) is 53.9 Å². The lowest BCUT2D eigenvalue weighted by atomic mass is 9.50. The maximum Gasteiger partial charge on any atom is 0.246 e. The van der Waals surface area contributed by atoms with Crippen LogP contribution in [0.25, 0.3) is 6.08 Å². The summed E-state index contributed by atoms with van der Waals surface area (Å²) in [7, 11) is 3.53. The third kappa shape index (κ3) is 3.61. The summed E-state index contributed by atoms with van der Waals surface area (Å²) in [5, 5.41) is 11.1.